The fourth-order valence-corrected chi connectivity index (χ4v) is 1.83. The van der Waals surface area contributed by atoms with Gasteiger partial charge in [0.1, 0.15) is 6.04 Å². The second kappa shape index (κ2) is 4.00. The SMILES string of the molecule is NC1NNC(C(F)(F)F)C1c1cccnc1. The molecule has 2 rings (SSSR count). The molecule has 1 aliphatic rings. The largest absolute Gasteiger partial charge is 0.405 e. The highest BCUT2D eigenvalue weighted by atomic mass is 19.4. The van der Waals surface area contributed by atoms with Gasteiger partial charge in [-0.1, -0.05) is 6.07 Å². The van der Waals surface area contributed by atoms with Gasteiger partial charge in [0.2, 0.25) is 0 Å². The average molecular weight is 232 g/mol. The zero-order valence-corrected chi connectivity index (χ0v) is 8.20. The fourth-order valence-electron chi connectivity index (χ4n) is 1.83. The summed E-state index contributed by atoms with van der Waals surface area (Å²) in [5, 5.41) is 0. The van der Waals surface area contributed by atoms with Gasteiger partial charge in [-0.3, -0.25) is 4.98 Å². The molecule has 1 aromatic rings. The minimum absolute atomic E-state index is 0.467. The molecule has 16 heavy (non-hydrogen) atoms. The van der Waals surface area contributed by atoms with Crippen LogP contribution in [0.5, 0.6) is 0 Å². The lowest BCUT2D eigenvalue weighted by Crippen LogP contribution is -2.43. The Kier molecular flexibility index (Phi) is 2.83. The lowest BCUT2D eigenvalue weighted by molar-refractivity contribution is -0.156. The van der Waals surface area contributed by atoms with Crippen LogP contribution >= 0.6 is 0 Å². The second-order valence-corrected chi connectivity index (χ2v) is 3.65. The van der Waals surface area contributed by atoms with Crippen molar-refractivity contribution in [1.29, 1.82) is 0 Å². The van der Waals surface area contributed by atoms with Crippen molar-refractivity contribution in [2.75, 3.05) is 0 Å². The van der Waals surface area contributed by atoms with Gasteiger partial charge in [0, 0.05) is 18.3 Å². The van der Waals surface area contributed by atoms with Crippen LogP contribution in [-0.4, -0.2) is 23.4 Å². The number of rotatable bonds is 1. The maximum atomic E-state index is 12.7. The van der Waals surface area contributed by atoms with Crippen LogP contribution in [0.2, 0.25) is 0 Å². The van der Waals surface area contributed by atoms with E-state index in [1.54, 1.807) is 12.1 Å². The highest BCUT2D eigenvalue weighted by Gasteiger charge is 2.50. The monoisotopic (exact) mass is 232 g/mol. The summed E-state index contributed by atoms with van der Waals surface area (Å²) < 4.78 is 38.1. The Bertz CT molecular complexity index is 354. The Morgan fingerprint density at radius 2 is 2.06 bits per heavy atom. The van der Waals surface area contributed by atoms with Crippen molar-refractivity contribution >= 4 is 0 Å². The van der Waals surface area contributed by atoms with Crippen molar-refractivity contribution in [2.45, 2.75) is 24.3 Å². The summed E-state index contributed by atoms with van der Waals surface area (Å²) in [5.74, 6) is -0.867. The molecule has 3 unspecified atom stereocenters. The molecule has 2 heterocycles. The van der Waals surface area contributed by atoms with Crippen LogP contribution < -0.4 is 16.6 Å². The Morgan fingerprint density at radius 3 is 2.62 bits per heavy atom. The van der Waals surface area contributed by atoms with E-state index < -0.39 is 24.3 Å². The molecule has 0 aromatic carbocycles. The van der Waals surface area contributed by atoms with E-state index in [1.165, 1.54) is 12.4 Å². The van der Waals surface area contributed by atoms with Crippen LogP contribution in [0.1, 0.15) is 11.5 Å². The highest BCUT2D eigenvalue weighted by Crippen LogP contribution is 2.34. The lowest BCUT2D eigenvalue weighted by atomic mass is 9.92. The summed E-state index contributed by atoms with van der Waals surface area (Å²) in [6, 6.07) is 1.49. The zero-order chi connectivity index (χ0) is 11.8. The first kappa shape index (κ1) is 11.3. The number of hydrazine groups is 1. The van der Waals surface area contributed by atoms with E-state index >= 15 is 0 Å². The molecule has 0 radical (unpaired) electrons. The van der Waals surface area contributed by atoms with Crippen LogP contribution in [0.25, 0.3) is 0 Å². The number of nitrogens with two attached hydrogens (primary N) is 1. The van der Waals surface area contributed by atoms with Crippen LogP contribution in [0.4, 0.5) is 13.2 Å². The quantitative estimate of drug-likeness (QED) is 0.659. The number of halogens is 3. The van der Waals surface area contributed by atoms with E-state index in [0.717, 1.165) is 0 Å². The van der Waals surface area contributed by atoms with Gasteiger partial charge in [0.05, 0.1) is 6.17 Å². The molecule has 1 aromatic heterocycles. The smallest absolute Gasteiger partial charge is 0.314 e. The van der Waals surface area contributed by atoms with Gasteiger partial charge >= 0.3 is 6.18 Å². The van der Waals surface area contributed by atoms with E-state index in [1.807, 2.05) is 0 Å². The normalized spacial score (nSPS) is 30.6. The summed E-state index contributed by atoms with van der Waals surface area (Å²) >= 11 is 0. The van der Waals surface area contributed by atoms with Crippen molar-refractivity contribution in [1.82, 2.24) is 15.8 Å². The van der Waals surface area contributed by atoms with E-state index in [4.69, 9.17) is 5.73 Å². The van der Waals surface area contributed by atoms with Gasteiger partial charge < -0.3 is 5.73 Å². The lowest BCUT2D eigenvalue weighted by Gasteiger charge is -2.22. The van der Waals surface area contributed by atoms with Crippen molar-refractivity contribution in [3.8, 4) is 0 Å². The molecule has 0 spiro atoms. The van der Waals surface area contributed by atoms with Gasteiger partial charge in [-0.15, -0.1) is 0 Å². The van der Waals surface area contributed by atoms with Gasteiger partial charge in [-0.05, 0) is 11.6 Å². The topological polar surface area (TPSA) is 63.0 Å². The summed E-state index contributed by atoms with van der Waals surface area (Å²) in [4.78, 5) is 3.80. The standard InChI is InChI=1S/C9H11F3N4/c10-9(11,12)7-6(8(13)16-15-7)5-2-1-3-14-4-5/h1-4,6-8,15-16H,13H2. The summed E-state index contributed by atoms with van der Waals surface area (Å²) in [5.41, 5.74) is 10.6. The van der Waals surface area contributed by atoms with E-state index in [2.05, 4.69) is 15.8 Å². The second-order valence-electron chi connectivity index (χ2n) is 3.65. The van der Waals surface area contributed by atoms with Crippen LogP contribution in [-0.2, 0) is 0 Å². The van der Waals surface area contributed by atoms with Gasteiger partial charge in [0.25, 0.3) is 0 Å². The number of nitrogens with zero attached hydrogens (tertiary/aromatic N) is 1. The van der Waals surface area contributed by atoms with Gasteiger partial charge in [0.15, 0.2) is 0 Å². The van der Waals surface area contributed by atoms with E-state index in [-0.39, 0.29) is 0 Å². The van der Waals surface area contributed by atoms with E-state index in [9.17, 15) is 13.2 Å². The Labute approximate surface area is 90.0 Å². The third-order valence-electron chi connectivity index (χ3n) is 2.57. The number of alkyl halides is 3. The van der Waals surface area contributed by atoms with Crippen LogP contribution in [0.3, 0.4) is 0 Å². The Morgan fingerprint density at radius 1 is 1.31 bits per heavy atom. The first-order chi connectivity index (χ1) is 7.50. The summed E-state index contributed by atoms with van der Waals surface area (Å²) in [6.07, 6.45) is -2.22. The molecule has 4 nitrogen and oxygen atoms in total. The maximum absolute atomic E-state index is 12.7. The number of aromatic nitrogens is 1. The molecule has 1 fully saturated rings. The third-order valence-corrected chi connectivity index (χ3v) is 2.57. The molecule has 3 atom stereocenters. The first-order valence-electron chi connectivity index (χ1n) is 4.73. The summed E-state index contributed by atoms with van der Waals surface area (Å²) in [7, 11) is 0. The minimum Gasteiger partial charge on any atom is -0.314 e. The molecule has 1 saturated heterocycles. The molecule has 7 heteroatoms. The van der Waals surface area contributed by atoms with Crippen molar-refractivity contribution in [3.63, 3.8) is 0 Å². The molecule has 0 aliphatic carbocycles. The molecule has 0 amide bonds. The fraction of sp³-hybridized carbons (Fsp3) is 0.444. The predicted octanol–water partition coefficient (Wildman–Crippen LogP) is 0.489. The Balaban J connectivity index is 2.30. The van der Waals surface area contributed by atoms with Gasteiger partial charge in [-0.25, -0.2) is 10.9 Å². The predicted molar refractivity (Wildman–Crippen MR) is 51.1 cm³/mol. The van der Waals surface area contributed by atoms with Crippen LogP contribution in [0.15, 0.2) is 24.5 Å². The molecule has 0 bridgehead atoms. The van der Waals surface area contributed by atoms with E-state index in [0.29, 0.717) is 5.56 Å². The average Bonchev–Trinajstić information content (AvgIpc) is 2.61. The number of nitrogens with one attached hydrogen (secondary N) is 2. The van der Waals surface area contributed by atoms with Crippen molar-refractivity contribution in [2.24, 2.45) is 5.73 Å². The molecule has 0 saturated carbocycles. The molecular weight excluding hydrogens is 221 g/mol. The maximum Gasteiger partial charge on any atom is 0.405 e. The molecule has 4 N–H and O–H groups in total. The van der Waals surface area contributed by atoms with Crippen molar-refractivity contribution < 1.29 is 13.2 Å². The van der Waals surface area contributed by atoms with Crippen molar-refractivity contribution in [3.05, 3.63) is 30.1 Å². The third kappa shape index (κ3) is 2.01. The highest BCUT2D eigenvalue weighted by molar-refractivity contribution is 5.21. The van der Waals surface area contributed by atoms with Crippen LogP contribution in [0, 0.1) is 0 Å². The number of hydrogen-bond donors (Lipinski definition) is 3. The Hall–Kier alpha value is -1.18. The molecular formula is C9H11F3N4. The number of hydrogen-bond acceptors (Lipinski definition) is 4. The number of pyridine rings is 1. The van der Waals surface area contributed by atoms with Gasteiger partial charge in [-0.2, -0.15) is 13.2 Å². The molecule has 88 valence electrons. The summed E-state index contributed by atoms with van der Waals surface area (Å²) in [6.45, 7) is 0. The zero-order valence-electron chi connectivity index (χ0n) is 8.20. The first-order valence-corrected chi connectivity index (χ1v) is 4.73. The minimum atomic E-state index is -4.35. The molecule has 1 aliphatic heterocycles.